The number of hydrogen-bond donors (Lipinski definition) is 1. The van der Waals surface area contributed by atoms with Crippen molar-refractivity contribution < 1.29 is 4.74 Å². The van der Waals surface area contributed by atoms with Gasteiger partial charge in [0.25, 0.3) is 0 Å². The third kappa shape index (κ3) is 3.26. The van der Waals surface area contributed by atoms with Gasteiger partial charge >= 0.3 is 0 Å². The van der Waals surface area contributed by atoms with Gasteiger partial charge < -0.3 is 10.1 Å². The molecule has 5 heteroatoms. The Bertz CT molecular complexity index is 659. The molecule has 22 heavy (non-hydrogen) atoms. The lowest BCUT2D eigenvalue weighted by atomic mass is 9.96. The number of ether oxygens (including phenoxy) is 1. The van der Waals surface area contributed by atoms with Crippen LogP contribution in [0.1, 0.15) is 28.7 Å². The largest absolute Gasteiger partial charge is 0.377 e. The number of nitrogens with one attached hydrogen (secondary N) is 1. The molecule has 2 aromatic rings. The maximum absolute atomic E-state index is 5.14. The number of hydrogen-bond acceptors (Lipinski definition) is 5. The number of nitrogens with zero attached hydrogens (tertiary/aromatic N) is 3. The molecule has 0 spiro atoms. The number of likely N-dealkylation sites (N-methyl/N-ethyl adjacent to an activating group) is 1. The van der Waals surface area contributed by atoms with Crippen molar-refractivity contribution in [3.63, 3.8) is 0 Å². The smallest absolute Gasteiger partial charge is 0.156 e. The monoisotopic (exact) mass is 298 g/mol. The molecule has 0 amide bonds. The molecule has 3 rings (SSSR count). The first-order chi connectivity index (χ1) is 10.7. The molecule has 0 saturated carbocycles. The summed E-state index contributed by atoms with van der Waals surface area (Å²) in [4.78, 5) is 11.3. The number of aromatic nitrogens is 2. The number of rotatable bonds is 4. The summed E-state index contributed by atoms with van der Waals surface area (Å²) in [6.07, 6.45) is 0. The lowest BCUT2D eigenvalue weighted by Gasteiger charge is -2.33. The van der Waals surface area contributed by atoms with Crippen LogP contribution in [0.2, 0.25) is 0 Å². The quantitative estimate of drug-likeness (QED) is 0.940. The van der Waals surface area contributed by atoms with Gasteiger partial charge in [0.1, 0.15) is 12.4 Å². The molecule has 2 heterocycles. The average molecular weight is 298 g/mol. The van der Waals surface area contributed by atoms with Gasteiger partial charge in [-0.2, -0.15) is 0 Å². The first-order valence-corrected chi connectivity index (χ1v) is 7.52. The van der Waals surface area contributed by atoms with E-state index in [0.29, 0.717) is 12.4 Å². The Morgan fingerprint density at radius 3 is 2.95 bits per heavy atom. The van der Waals surface area contributed by atoms with Gasteiger partial charge in [0, 0.05) is 32.0 Å². The fourth-order valence-corrected chi connectivity index (χ4v) is 2.98. The van der Waals surface area contributed by atoms with E-state index in [0.717, 1.165) is 24.6 Å². The van der Waals surface area contributed by atoms with E-state index in [2.05, 4.69) is 51.5 Å². The normalized spacial score (nSPS) is 18.0. The van der Waals surface area contributed by atoms with Crippen molar-refractivity contribution >= 4 is 5.82 Å². The van der Waals surface area contributed by atoms with Gasteiger partial charge in [-0.1, -0.05) is 24.3 Å². The number of benzene rings is 1. The van der Waals surface area contributed by atoms with Gasteiger partial charge in [-0.25, -0.2) is 9.97 Å². The van der Waals surface area contributed by atoms with Crippen LogP contribution in [0.3, 0.4) is 0 Å². The molecule has 1 aliphatic rings. The first kappa shape index (κ1) is 14.9. The van der Waals surface area contributed by atoms with Crippen molar-refractivity contribution in [3.05, 3.63) is 53.0 Å². The molecular weight excluding hydrogens is 276 g/mol. The Hall–Kier alpha value is -1.98. The van der Waals surface area contributed by atoms with Crippen molar-refractivity contribution in [2.24, 2.45) is 0 Å². The third-order valence-electron chi connectivity index (χ3n) is 3.86. The molecule has 5 nitrogen and oxygen atoms in total. The maximum atomic E-state index is 5.14. The van der Waals surface area contributed by atoms with Crippen LogP contribution >= 0.6 is 0 Å². The van der Waals surface area contributed by atoms with Crippen molar-refractivity contribution in [3.8, 4) is 0 Å². The zero-order chi connectivity index (χ0) is 15.5. The molecule has 1 aliphatic heterocycles. The van der Waals surface area contributed by atoms with Crippen molar-refractivity contribution in [1.82, 2.24) is 14.9 Å². The summed E-state index contributed by atoms with van der Waals surface area (Å²) >= 11 is 0. The van der Waals surface area contributed by atoms with E-state index in [-0.39, 0.29) is 6.04 Å². The maximum Gasteiger partial charge on any atom is 0.156 e. The van der Waals surface area contributed by atoms with E-state index in [1.54, 1.807) is 7.11 Å². The highest BCUT2D eigenvalue weighted by molar-refractivity contribution is 5.43. The molecule has 1 unspecified atom stereocenters. The summed E-state index contributed by atoms with van der Waals surface area (Å²) < 4.78 is 5.14. The molecule has 116 valence electrons. The van der Waals surface area contributed by atoms with E-state index in [9.17, 15) is 0 Å². The van der Waals surface area contributed by atoms with Crippen molar-refractivity contribution in [2.75, 3.05) is 26.0 Å². The minimum absolute atomic E-state index is 0.236. The van der Waals surface area contributed by atoms with Crippen LogP contribution in [-0.4, -0.2) is 35.6 Å². The zero-order valence-electron chi connectivity index (χ0n) is 13.3. The van der Waals surface area contributed by atoms with Crippen LogP contribution in [0.5, 0.6) is 0 Å². The number of anilines is 1. The Balaban J connectivity index is 1.87. The molecule has 1 aromatic heterocycles. The summed E-state index contributed by atoms with van der Waals surface area (Å²) in [5, 5.41) is 3.56. The lowest BCUT2D eigenvalue weighted by Crippen LogP contribution is -2.34. The van der Waals surface area contributed by atoms with Crippen molar-refractivity contribution in [2.45, 2.75) is 26.1 Å². The fraction of sp³-hybridized carbons (Fsp3) is 0.412. The molecule has 1 atom stereocenters. The van der Waals surface area contributed by atoms with E-state index in [1.165, 1.54) is 11.1 Å². The van der Waals surface area contributed by atoms with E-state index in [1.807, 2.05) is 13.0 Å². The third-order valence-corrected chi connectivity index (χ3v) is 3.86. The van der Waals surface area contributed by atoms with Crippen LogP contribution in [0.4, 0.5) is 5.82 Å². The van der Waals surface area contributed by atoms with Gasteiger partial charge in [0.15, 0.2) is 5.82 Å². The second kappa shape index (κ2) is 6.42. The fourth-order valence-electron chi connectivity index (χ4n) is 2.98. The molecule has 1 N–H and O–H groups in total. The Labute approximate surface area is 131 Å². The highest BCUT2D eigenvalue weighted by Crippen LogP contribution is 2.28. The summed E-state index contributed by atoms with van der Waals surface area (Å²) in [5.41, 5.74) is 3.67. The van der Waals surface area contributed by atoms with Gasteiger partial charge in [0.2, 0.25) is 0 Å². The molecule has 1 aromatic carbocycles. The minimum Gasteiger partial charge on any atom is -0.377 e. The minimum atomic E-state index is 0.236. The van der Waals surface area contributed by atoms with Gasteiger partial charge in [0.05, 0.1) is 6.04 Å². The van der Waals surface area contributed by atoms with E-state index in [4.69, 9.17) is 4.74 Å². The summed E-state index contributed by atoms with van der Waals surface area (Å²) in [7, 11) is 3.80. The number of methoxy groups -OCH3 is 1. The molecule has 0 aliphatic carbocycles. The molecule has 0 radical (unpaired) electrons. The number of fused-ring (bicyclic) bond motifs is 1. The molecule has 0 bridgehead atoms. The van der Waals surface area contributed by atoms with Crippen molar-refractivity contribution in [1.29, 1.82) is 0 Å². The second-order valence-corrected chi connectivity index (χ2v) is 5.84. The molecule has 0 fully saturated rings. The Morgan fingerprint density at radius 2 is 2.14 bits per heavy atom. The Kier molecular flexibility index (Phi) is 4.36. The summed E-state index contributed by atoms with van der Waals surface area (Å²) in [5.74, 6) is 1.57. The lowest BCUT2D eigenvalue weighted by molar-refractivity contribution is 0.177. The summed E-state index contributed by atoms with van der Waals surface area (Å²) in [6.45, 7) is 4.36. The predicted molar refractivity (Wildman–Crippen MR) is 86.6 cm³/mol. The topological polar surface area (TPSA) is 50.3 Å². The standard InChI is InChI=1S/C17H22N4O/c1-12-8-16(20-17(18-12)11-22-3)19-15-10-21(2)9-13-6-4-5-7-14(13)15/h4-8,15H,9-11H2,1-3H3,(H,18,19,20). The van der Waals surface area contributed by atoms with Crippen LogP contribution in [0.25, 0.3) is 0 Å². The second-order valence-electron chi connectivity index (χ2n) is 5.84. The van der Waals surface area contributed by atoms with E-state index >= 15 is 0 Å². The zero-order valence-corrected chi connectivity index (χ0v) is 13.3. The van der Waals surface area contributed by atoms with Gasteiger partial charge in [-0.15, -0.1) is 0 Å². The molecular formula is C17H22N4O. The van der Waals surface area contributed by atoms with Crippen LogP contribution in [0.15, 0.2) is 30.3 Å². The highest BCUT2D eigenvalue weighted by atomic mass is 16.5. The van der Waals surface area contributed by atoms with Gasteiger partial charge in [-0.3, -0.25) is 4.90 Å². The highest BCUT2D eigenvalue weighted by Gasteiger charge is 2.23. The SMILES string of the molecule is COCc1nc(C)cc(NC2CN(C)Cc3ccccc32)n1. The van der Waals surface area contributed by atoms with Crippen LogP contribution in [-0.2, 0) is 17.9 Å². The van der Waals surface area contributed by atoms with Gasteiger partial charge in [-0.05, 0) is 25.1 Å². The predicted octanol–water partition coefficient (Wildman–Crippen LogP) is 2.53. The molecule has 0 saturated heterocycles. The average Bonchev–Trinajstić information content (AvgIpc) is 2.46. The van der Waals surface area contributed by atoms with Crippen LogP contribution < -0.4 is 5.32 Å². The van der Waals surface area contributed by atoms with E-state index < -0.39 is 0 Å². The summed E-state index contributed by atoms with van der Waals surface area (Å²) in [6, 6.07) is 10.8. The number of aryl methyl sites for hydroxylation is 1. The Morgan fingerprint density at radius 1 is 1.32 bits per heavy atom. The van der Waals surface area contributed by atoms with Crippen LogP contribution in [0, 0.1) is 6.92 Å². The first-order valence-electron chi connectivity index (χ1n) is 7.52.